The summed E-state index contributed by atoms with van der Waals surface area (Å²) in [6, 6.07) is 11.9. The van der Waals surface area contributed by atoms with Crippen molar-refractivity contribution in [3.63, 3.8) is 0 Å². The Labute approximate surface area is 175 Å². The minimum Gasteiger partial charge on any atom is -0.314 e. The normalized spacial score (nSPS) is 19.1. The number of amides is 1. The first-order valence-corrected chi connectivity index (χ1v) is 11.2. The Morgan fingerprint density at radius 3 is 2.36 bits per heavy atom. The number of fused-ring (bicyclic) bond motifs is 1. The fourth-order valence-electron chi connectivity index (χ4n) is 3.57. The third kappa shape index (κ3) is 3.54. The molecule has 0 spiro atoms. The van der Waals surface area contributed by atoms with Crippen LogP contribution in [0.4, 0.5) is 0 Å². The second-order valence-electron chi connectivity index (χ2n) is 7.27. The zero-order valence-electron chi connectivity index (χ0n) is 15.9. The highest BCUT2D eigenvalue weighted by molar-refractivity contribution is 7.90. The summed E-state index contributed by atoms with van der Waals surface area (Å²) < 4.78 is 29.2. The summed E-state index contributed by atoms with van der Waals surface area (Å²) in [5.74, 6) is -0.358. The van der Waals surface area contributed by atoms with Gasteiger partial charge in [-0.25, -0.2) is 13.1 Å². The van der Waals surface area contributed by atoms with Gasteiger partial charge >= 0.3 is 0 Å². The molecule has 0 aliphatic carbocycles. The van der Waals surface area contributed by atoms with Crippen LogP contribution in [-0.2, 0) is 32.7 Å². The van der Waals surface area contributed by atoms with E-state index in [1.807, 2.05) is 12.1 Å². The van der Waals surface area contributed by atoms with Crippen molar-refractivity contribution in [1.29, 1.82) is 0 Å². The summed E-state index contributed by atoms with van der Waals surface area (Å²) in [4.78, 5) is 13.1. The molecular weight excluding hydrogens is 419 g/mol. The standard InChI is InChI=1S/C20H22Cl2N2O3S/c1-13(2)23-28(26,27)20(3)16-8-5-4-7-14(16)12-24(20)19(25)11-15-17(21)9-6-10-18(15)22/h4-10,13,23H,11-12H2,1-3H3/t20-/m0/s1. The predicted molar refractivity (Wildman–Crippen MR) is 112 cm³/mol. The Bertz CT molecular complexity index is 1000. The van der Waals surface area contributed by atoms with Gasteiger partial charge in [0, 0.05) is 22.6 Å². The molecule has 1 amide bonds. The Balaban J connectivity index is 2.06. The van der Waals surface area contributed by atoms with Gasteiger partial charge < -0.3 is 4.90 Å². The number of halogens is 2. The topological polar surface area (TPSA) is 66.5 Å². The molecule has 1 aliphatic heterocycles. The van der Waals surface area contributed by atoms with E-state index in [4.69, 9.17) is 23.2 Å². The van der Waals surface area contributed by atoms with Crippen LogP contribution in [0.15, 0.2) is 42.5 Å². The van der Waals surface area contributed by atoms with Gasteiger partial charge in [0.15, 0.2) is 4.87 Å². The van der Waals surface area contributed by atoms with Gasteiger partial charge in [-0.15, -0.1) is 0 Å². The first-order valence-electron chi connectivity index (χ1n) is 8.91. The van der Waals surface area contributed by atoms with E-state index >= 15 is 0 Å². The van der Waals surface area contributed by atoms with Crippen LogP contribution in [0.25, 0.3) is 0 Å². The fourth-order valence-corrected chi connectivity index (χ4v) is 5.89. The molecule has 150 valence electrons. The summed E-state index contributed by atoms with van der Waals surface area (Å²) in [5.41, 5.74) is 1.89. The molecule has 0 saturated heterocycles. The largest absolute Gasteiger partial charge is 0.314 e. The maximum Gasteiger partial charge on any atom is 0.240 e. The number of hydrogen-bond donors (Lipinski definition) is 1. The number of nitrogens with zero attached hydrogens (tertiary/aromatic N) is 1. The number of carbonyl (C=O) groups is 1. The van der Waals surface area contributed by atoms with E-state index in [1.165, 1.54) is 4.90 Å². The SMILES string of the molecule is CC(C)NS(=O)(=O)[C@@]1(C)c2ccccc2CN1C(=O)Cc1c(Cl)cccc1Cl. The lowest BCUT2D eigenvalue weighted by Gasteiger charge is -2.36. The number of carbonyl (C=O) groups excluding carboxylic acids is 1. The van der Waals surface area contributed by atoms with Crippen molar-refractivity contribution < 1.29 is 13.2 Å². The van der Waals surface area contributed by atoms with Crippen LogP contribution in [0.3, 0.4) is 0 Å². The fraction of sp³-hybridized carbons (Fsp3) is 0.350. The van der Waals surface area contributed by atoms with Crippen molar-refractivity contribution in [3.8, 4) is 0 Å². The van der Waals surface area contributed by atoms with Gasteiger partial charge in [-0.3, -0.25) is 4.79 Å². The molecule has 0 unspecified atom stereocenters. The number of benzene rings is 2. The molecule has 1 atom stereocenters. The first-order chi connectivity index (χ1) is 13.1. The highest BCUT2D eigenvalue weighted by atomic mass is 35.5. The third-order valence-electron chi connectivity index (χ3n) is 4.97. The smallest absolute Gasteiger partial charge is 0.240 e. The lowest BCUT2D eigenvalue weighted by Crippen LogP contribution is -2.54. The second kappa shape index (κ2) is 7.67. The molecule has 2 aromatic rings. The average Bonchev–Trinajstić information content (AvgIpc) is 2.92. The average molecular weight is 441 g/mol. The van der Waals surface area contributed by atoms with E-state index in [9.17, 15) is 13.2 Å². The highest BCUT2D eigenvalue weighted by Gasteiger charge is 2.53. The lowest BCUT2D eigenvalue weighted by atomic mass is 10.1. The van der Waals surface area contributed by atoms with Crippen LogP contribution in [0, 0.1) is 0 Å². The van der Waals surface area contributed by atoms with Crippen LogP contribution in [-0.4, -0.2) is 25.3 Å². The van der Waals surface area contributed by atoms with E-state index in [0.717, 1.165) is 5.56 Å². The summed E-state index contributed by atoms with van der Waals surface area (Å²) in [6.07, 6.45) is -0.0840. The quantitative estimate of drug-likeness (QED) is 0.761. The van der Waals surface area contributed by atoms with E-state index in [1.54, 1.807) is 51.1 Å². The van der Waals surface area contributed by atoms with Crippen LogP contribution in [0.1, 0.15) is 37.5 Å². The minimum absolute atomic E-state index is 0.0840. The molecule has 0 saturated carbocycles. The van der Waals surface area contributed by atoms with Gasteiger partial charge in [0.25, 0.3) is 0 Å². The predicted octanol–water partition coefficient (Wildman–Crippen LogP) is 4.08. The Morgan fingerprint density at radius 1 is 1.14 bits per heavy atom. The van der Waals surface area contributed by atoms with Crippen molar-refractivity contribution in [1.82, 2.24) is 9.62 Å². The van der Waals surface area contributed by atoms with Crippen molar-refractivity contribution in [2.75, 3.05) is 0 Å². The highest BCUT2D eigenvalue weighted by Crippen LogP contribution is 2.43. The lowest BCUT2D eigenvalue weighted by molar-refractivity contribution is -0.133. The van der Waals surface area contributed by atoms with Gasteiger partial charge in [-0.1, -0.05) is 53.5 Å². The third-order valence-corrected chi connectivity index (χ3v) is 7.94. The molecule has 1 aliphatic rings. The molecule has 0 radical (unpaired) electrons. The molecule has 8 heteroatoms. The van der Waals surface area contributed by atoms with E-state index in [-0.39, 0.29) is 24.9 Å². The summed E-state index contributed by atoms with van der Waals surface area (Å²) in [6.45, 7) is 5.26. The molecule has 5 nitrogen and oxygen atoms in total. The molecule has 28 heavy (non-hydrogen) atoms. The second-order valence-corrected chi connectivity index (χ2v) is 10.1. The molecule has 2 aromatic carbocycles. The van der Waals surface area contributed by atoms with Crippen LogP contribution < -0.4 is 4.72 Å². The Hall–Kier alpha value is -1.60. The summed E-state index contributed by atoms with van der Waals surface area (Å²) in [5, 5.41) is 0.754. The first kappa shape index (κ1) is 21.1. The van der Waals surface area contributed by atoms with Gasteiger partial charge in [0.1, 0.15) is 0 Å². The van der Waals surface area contributed by atoms with Gasteiger partial charge in [-0.2, -0.15) is 0 Å². The molecule has 0 bridgehead atoms. The molecular formula is C20H22Cl2N2O3S. The van der Waals surface area contributed by atoms with Crippen molar-refractivity contribution in [2.45, 2.75) is 44.6 Å². The van der Waals surface area contributed by atoms with E-state index in [2.05, 4.69) is 4.72 Å². The van der Waals surface area contributed by atoms with Crippen LogP contribution in [0.2, 0.25) is 10.0 Å². The molecule has 1 N–H and O–H groups in total. The minimum atomic E-state index is -3.89. The number of rotatable bonds is 5. The Kier molecular flexibility index (Phi) is 5.79. The number of hydrogen-bond acceptors (Lipinski definition) is 3. The van der Waals surface area contributed by atoms with Gasteiger partial charge in [0.2, 0.25) is 15.9 Å². The molecule has 3 rings (SSSR count). The van der Waals surface area contributed by atoms with Crippen molar-refractivity contribution in [3.05, 3.63) is 69.2 Å². The monoisotopic (exact) mass is 440 g/mol. The van der Waals surface area contributed by atoms with Gasteiger partial charge in [-0.05, 0) is 49.6 Å². The van der Waals surface area contributed by atoms with Crippen molar-refractivity contribution >= 4 is 39.1 Å². The summed E-state index contributed by atoms with van der Waals surface area (Å²) in [7, 11) is -3.89. The number of sulfonamides is 1. The molecule has 0 fully saturated rings. The summed E-state index contributed by atoms with van der Waals surface area (Å²) >= 11 is 12.4. The van der Waals surface area contributed by atoms with Crippen LogP contribution in [0.5, 0.6) is 0 Å². The van der Waals surface area contributed by atoms with Gasteiger partial charge in [0.05, 0.1) is 6.42 Å². The molecule has 1 heterocycles. The zero-order chi connectivity index (χ0) is 20.7. The molecule has 0 aromatic heterocycles. The number of nitrogens with one attached hydrogen (secondary N) is 1. The van der Waals surface area contributed by atoms with E-state index in [0.29, 0.717) is 21.2 Å². The zero-order valence-corrected chi connectivity index (χ0v) is 18.2. The maximum absolute atomic E-state index is 13.3. The van der Waals surface area contributed by atoms with Crippen molar-refractivity contribution in [2.24, 2.45) is 0 Å². The van der Waals surface area contributed by atoms with Crippen LogP contribution >= 0.6 is 23.2 Å². The van der Waals surface area contributed by atoms with E-state index < -0.39 is 14.9 Å². The Morgan fingerprint density at radius 2 is 1.75 bits per heavy atom. The maximum atomic E-state index is 13.3.